The topological polar surface area (TPSA) is 96.0 Å². The van der Waals surface area contributed by atoms with Crippen LogP contribution in [0.25, 0.3) is 0 Å². The van der Waals surface area contributed by atoms with Crippen molar-refractivity contribution in [1.29, 1.82) is 0 Å². The monoisotopic (exact) mass is 571 g/mol. The largest absolute Gasteiger partial charge is 0.495 e. The van der Waals surface area contributed by atoms with Crippen LogP contribution in [0.3, 0.4) is 0 Å². The summed E-state index contributed by atoms with van der Waals surface area (Å²) in [5.41, 5.74) is 0.683. The van der Waals surface area contributed by atoms with Crippen LogP contribution in [0.1, 0.15) is 46.1 Å². The van der Waals surface area contributed by atoms with Crippen molar-refractivity contribution in [2.24, 2.45) is 0 Å². The van der Waals surface area contributed by atoms with Crippen molar-refractivity contribution in [2.75, 3.05) is 24.2 Å². The molecule has 11 heteroatoms. The van der Waals surface area contributed by atoms with Crippen molar-refractivity contribution >= 4 is 50.7 Å². The second-order valence-electron chi connectivity index (χ2n) is 9.82. The van der Waals surface area contributed by atoms with Crippen LogP contribution in [0.2, 0.25) is 10.0 Å². The second-order valence-corrected chi connectivity index (χ2v) is 12.6. The van der Waals surface area contributed by atoms with Gasteiger partial charge in [-0.15, -0.1) is 0 Å². The minimum absolute atomic E-state index is 0.0314. The molecule has 0 aliphatic rings. The van der Waals surface area contributed by atoms with Crippen LogP contribution in [0.5, 0.6) is 5.75 Å². The Balaban J connectivity index is 2.21. The fourth-order valence-corrected chi connectivity index (χ4v) is 5.13. The molecule has 2 rings (SSSR count). The van der Waals surface area contributed by atoms with Crippen molar-refractivity contribution in [1.82, 2.24) is 10.2 Å². The summed E-state index contributed by atoms with van der Waals surface area (Å²) in [4.78, 5) is 27.7. The molecule has 0 heterocycles. The summed E-state index contributed by atoms with van der Waals surface area (Å²) in [6.07, 6.45) is 1.36. The zero-order valence-electron chi connectivity index (χ0n) is 22.0. The maximum absolute atomic E-state index is 13.4. The normalized spacial score (nSPS) is 12.5. The van der Waals surface area contributed by atoms with Gasteiger partial charge in [0.25, 0.3) is 0 Å². The summed E-state index contributed by atoms with van der Waals surface area (Å²) in [7, 11) is -2.17. The lowest BCUT2D eigenvalue weighted by Gasteiger charge is -2.32. The van der Waals surface area contributed by atoms with E-state index < -0.39 is 21.6 Å². The molecule has 1 atom stereocenters. The summed E-state index contributed by atoms with van der Waals surface area (Å²) in [5.74, 6) is -0.139. The van der Waals surface area contributed by atoms with Gasteiger partial charge in [-0.3, -0.25) is 13.9 Å². The lowest BCUT2D eigenvalue weighted by molar-refractivity contribution is -0.141. The number of carbonyl (C=O) groups excluding carboxylic acids is 2. The van der Waals surface area contributed by atoms with Crippen LogP contribution in [-0.4, -0.2) is 56.6 Å². The van der Waals surface area contributed by atoms with E-state index >= 15 is 0 Å². The Labute approximate surface area is 229 Å². The number of sulfonamides is 1. The van der Waals surface area contributed by atoms with Gasteiger partial charge in [-0.05, 0) is 70.0 Å². The number of amides is 2. The van der Waals surface area contributed by atoms with Gasteiger partial charge in [0.15, 0.2) is 0 Å². The van der Waals surface area contributed by atoms with Crippen LogP contribution in [0, 0.1) is 0 Å². The number of ether oxygens (including phenoxy) is 1. The highest BCUT2D eigenvalue weighted by molar-refractivity contribution is 7.92. The van der Waals surface area contributed by atoms with E-state index in [-0.39, 0.29) is 42.8 Å². The minimum Gasteiger partial charge on any atom is -0.495 e. The Morgan fingerprint density at radius 3 is 2.32 bits per heavy atom. The van der Waals surface area contributed by atoms with Crippen LogP contribution < -0.4 is 14.4 Å². The van der Waals surface area contributed by atoms with Gasteiger partial charge in [-0.1, -0.05) is 35.3 Å². The zero-order chi connectivity index (χ0) is 28.0. The molecule has 0 saturated heterocycles. The van der Waals surface area contributed by atoms with Gasteiger partial charge in [0.1, 0.15) is 11.8 Å². The second kappa shape index (κ2) is 12.8. The third-order valence-corrected chi connectivity index (χ3v) is 7.21. The standard InChI is InChI=1S/C26H35Cl2N3O5S/c1-18(25(33)29-26(2,3)4)30(17-19-9-7-10-20(27)15-19)24(32)11-8-14-31(37(6,34)35)21-12-13-23(36-5)22(28)16-21/h7,9-10,12-13,15-16,18H,8,11,14,17H2,1-6H3,(H,29,33). The highest BCUT2D eigenvalue weighted by Gasteiger charge is 2.28. The zero-order valence-corrected chi connectivity index (χ0v) is 24.4. The van der Waals surface area contributed by atoms with Crippen molar-refractivity contribution in [3.05, 3.63) is 58.1 Å². The molecule has 2 aromatic carbocycles. The van der Waals surface area contributed by atoms with E-state index in [1.807, 2.05) is 26.8 Å². The third-order valence-electron chi connectivity index (χ3n) is 5.48. The fraction of sp³-hybridized carbons (Fsp3) is 0.462. The molecule has 1 N–H and O–H groups in total. The molecule has 0 aliphatic heterocycles. The predicted octanol–water partition coefficient (Wildman–Crippen LogP) is 4.88. The van der Waals surface area contributed by atoms with Crippen molar-refractivity contribution < 1.29 is 22.7 Å². The highest BCUT2D eigenvalue weighted by atomic mass is 35.5. The first-order valence-electron chi connectivity index (χ1n) is 11.8. The summed E-state index contributed by atoms with van der Waals surface area (Å²) < 4.78 is 31.3. The maximum atomic E-state index is 13.4. The lowest BCUT2D eigenvalue weighted by atomic mass is 10.1. The number of hydrogen-bond acceptors (Lipinski definition) is 5. The van der Waals surface area contributed by atoms with Gasteiger partial charge >= 0.3 is 0 Å². The lowest BCUT2D eigenvalue weighted by Crippen LogP contribution is -2.52. The molecule has 0 fully saturated rings. The molecule has 0 aliphatic carbocycles. The molecule has 0 bridgehead atoms. The average molecular weight is 573 g/mol. The van der Waals surface area contributed by atoms with Gasteiger partial charge in [-0.25, -0.2) is 8.42 Å². The van der Waals surface area contributed by atoms with E-state index in [1.165, 1.54) is 22.4 Å². The number of anilines is 1. The molecule has 2 amide bonds. The number of benzene rings is 2. The van der Waals surface area contributed by atoms with Gasteiger partial charge in [0.2, 0.25) is 21.8 Å². The van der Waals surface area contributed by atoms with Gasteiger partial charge in [-0.2, -0.15) is 0 Å². The van der Waals surface area contributed by atoms with E-state index in [4.69, 9.17) is 27.9 Å². The van der Waals surface area contributed by atoms with Gasteiger partial charge < -0.3 is 15.0 Å². The van der Waals surface area contributed by atoms with E-state index in [9.17, 15) is 18.0 Å². The quantitative estimate of drug-likeness (QED) is 0.414. The average Bonchev–Trinajstić information content (AvgIpc) is 2.77. The molecule has 0 saturated carbocycles. The number of hydrogen-bond donors (Lipinski definition) is 1. The Kier molecular flexibility index (Phi) is 10.7. The van der Waals surface area contributed by atoms with Gasteiger partial charge in [0, 0.05) is 30.1 Å². The Morgan fingerprint density at radius 2 is 1.78 bits per heavy atom. The molecule has 204 valence electrons. The first-order chi connectivity index (χ1) is 17.1. The summed E-state index contributed by atoms with van der Waals surface area (Å²) in [6.45, 7) is 7.51. The fourth-order valence-electron chi connectivity index (χ4n) is 3.70. The van der Waals surface area contributed by atoms with Crippen molar-refractivity contribution in [3.8, 4) is 5.75 Å². The van der Waals surface area contributed by atoms with E-state index in [0.29, 0.717) is 16.5 Å². The van der Waals surface area contributed by atoms with Crippen molar-refractivity contribution in [3.63, 3.8) is 0 Å². The first-order valence-corrected chi connectivity index (χ1v) is 14.4. The number of rotatable bonds is 11. The number of methoxy groups -OCH3 is 1. The molecule has 0 radical (unpaired) electrons. The Morgan fingerprint density at radius 1 is 1.11 bits per heavy atom. The summed E-state index contributed by atoms with van der Waals surface area (Å²) in [6, 6.07) is 11.0. The SMILES string of the molecule is COc1ccc(N(CCCC(=O)N(Cc2cccc(Cl)c2)C(C)C(=O)NC(C)(C)C)S(C)(=O)=O)cc1Cl. The Bertz CT molecular complexity index is 1210. The summed E-state index contributed by atoms with van der Waals surface area (Å²) in [5, 5.41) is 3.71. The summed E-state index contributed by atoms with van der Waals surface area (Å²) >= 11 is 12.3. The molecule has 1 unspecified atom stereocenters. The number of nitrogens with zero attached hydrogens (tertiary/aromatic N) is 2. The van der Waals surface area contributed by atoms with Gasteiger partial charge in [0.05, 0.1) is 24.1 Å². The molecule has 2 aromatic rings. The molecule has 0 spiro atoms. The predicted molar refractivity (Wildman–Crippen MR) is 149 cm³/mol. The number of carbonyl (C=O) groups is 2. The van der Waals surface area contributed by atoms with E-state index in [2.05, 4.69) is 5.32 Å². The minimum atomic E-state index is -3.65. The smallest absolute Gasteiger partial charge is 0.242 e. The number of halogens is 2. The highest BCUT2D eigenvalue weighted by Crippen LogP contribution is 2.30. The van der Waals surface area contributed by atoms with Crippen LogP contribution in [0.15, 0.2) is 42.5 Å². The molecule has 0 aromatic heterocycles. The molecule has 8 nitrogen and oxygen atoms in total. The maximum Gasteiger partial charge on any atom is 0.242 e. The van der Waals surface area contributed by atoms with E-state index in [0.717, 1.165) is 11.8 Å². The first kappa shape index (κ1) is 30.7. The Hall–Kier alpha value is -2.49. The molecule has 37 heavy (non-hydrogen) atoms. The molecular formula is C26H35Cl2N3O5S. The molecular weight excluding hydrogens is 537 g/mol. The number of nitrogens with one attached hydrogen (secondary N) is 1. The van der Waals surface area contributed by atoms with Crippen LogP contribution >= 0.6 is 23.2 Å². The van der Waals surface area contributed by atoms with E-state index in [1.54, 1.807) is 37.3 Å². The van der Waals surface area contributed by atoms with Crippen LogP contribution in [-0.2, 0) is 26.2 Å². The van der Waals surface area contributed by atoms with Crippen molar-refractivity contribution in [2.45, 2.75) is 58.7 Å². The third kappa shape index (κ3) is 9.39. The van der Waals surface area contributed by atoms with Crippen LogP contribution in [0.4, 0.5) is 5.69 Å².